The van der Waals surface area contributed by atoms with Crippen LogP contribution in [0.15, 0.2) is 59.6 Å². The van der Waals surface area contributed by atoms with E-state index in [0.717, 1.165) is 37.0 Å². The van der Waals surface area contributed by atoms with Gasteiger partial charge in [0.1, 0.15) is 18.1 Å². The molecule has 0 aromatic heterocycles. The van der Waals surface area contributed by atoms with Gasteiger partial charge in [-0.3, -0.25) is 4.99 Å². The first-order valence-corrected chi connectivity index (χ1v) is 8.45. The Balaban J connectivity index is 0.00000338. The molecule has 0 saturated heterocycles. The molecule has 2 rings (SSSR count). The highest BCUT2D eigenvalue weighted by molar-refractivity contribution is 14.0. The van der Waals surface area contributed by atoms with Crippen molar-refractivity contribution in [3.63, 3.8) is 0 Å². The molecule has 5 nitrogen and oxygen atoms in total. The average Bonchev–Trinajstić information content (AvgIpc) is 2.66. The standard InChI is InChI=1S/C20H27N3O2.HI/c1-21-20(22-14-13-17-9-11-18(24-3)12-10-17)23(2)15-16-25-19-7-5-4-6-8-19;/h4-12H,13-16H2,1-3H3,(H,21,22);1H. The van der Waals surface area contributed by atoms with E-state index in [1.807, 2.05) is 49.5 Å². The molecule has 0 aliphatic rings. The van der Waals surface area contributed by atoms with Gasteiger partial charge in [0.2, 0.25) is 0 Å². The number of nitrogens with one attached hydrogen (secondary N) is 1. The topological polar surface area (TPSA) is 46.1 Å². The highest BCUT2D eigenvalue weighted by Crippen LogP contribution is 2.11. The Kier molecular flexibility index (Phi) is 10.5. The van der Waals surface area contributed by atoms with Gasteiger partial charge in [0, 0.05) is 20.6 Å². The van der Waals surface area contributed by atoms with Gasteiger partial charge in [0.05, 0.1) is 13.7 Å². The van der Waals surface area contributed by atoms with Gasteiger partial charge in [-0.15, -0.1) is 24.0 Å². The summed E-state index contributed by atoms with van der Waals surface area (Å²) in [5.74, 6) is 2.63. The van der Waals surface area contributed by atoms with Crippen LogP contribution in [0.1, 0.15) is 5.56 Å². The first-order chi connectivity index (χ1) is 12.2. The Hall–Kier alpha value is -1.96. The quantitative estimate of drug-likeness (QED) is 0.366. The highest BCUT2D eigenvalue weighted by atomic mass is 127. The number of ether oxygens (including phenoxy) is 2. The fourth-order valence-electron chi connectivity index (χ4n) is 2.42. The number of likely N-dealkylation sites (N-methyl/N-ethyl adjacent to an activating group) is 1. The number of halogens is 1. The summed E-state index contributed by atoms with van der Waals surface area (Å²) in [5.41, 5.74) is 1.26. The SMILES string of the molecule is CN=C(NCCc1ccc(OC)cc1)N(C)CCOc1ccccc1.I. The van der Waals surface area contributed by atoms with Gasteiger partial charge in [0.15, 0.2) is 5.96 Å². The second-order valence-electron chi connectivity index (χ2n) is 5.66. The van der Waals surface area contributed by atoms with Crippen molar-refractivity contribution in [3.05, 3.63) is 60.2 Å². The molecule has 0 saturated carbocycles. The molecule has 142 valence electrons. The number of benzene rings is 2. The molecule has 0 bridgehead atoms. The van der Waals surface area contributed by atoms with E-state index in [2.05, 4.69) is 27.3 Å². The first kappa shape index (κ1) is 22.1. The molecular formula is C20H28IN3O2. The van der Waals surface area contributed by atoms with Gasteiger partial charge in [-0.1, -0.05) is 30.3 Å². The van der Waals surface area contributed by atoms with Gasteiger partial charge < -0.3 is 19.7 Å². The van der Waals surface area contributed by atoms with E-state index in [-0.39, 0.29) is 24.0 Å². The summed E-state index contributed by atoms with van der Waals surface area (Å²) in [6.45, 7) is 2.19. The summed E-state index contributed by atoms with van der Waals surface area (Å²) in [4.78, 5) is 6.39. The monoisotopic (exact) mass is 469 g/mol. The lowest BCUT2D eigenvalue weighted by atomic mass is 10.1. The molecule has 26 heavy (non-hydrogen) atoms. The van der Waals surface area contributed by atoms with E-state index in [1.165, 1.54) is 5.56 Å². The van der Waals surface area contributed by atoms with E-state index >= 15 is 0 Å². The molecule has 0 amide bonds. The van der Waals surface area contributed by atoms with Crippen molar-refractivity contribution in [1.82, 2.24) is 10.2 Å². The molecule has 0 atom stereocenters. The van der Waals surface area contributed by atoms with Crippen LogP contribution in [0.2, 0.25) is 0 Å². The van der Waals surface area contributed by atoms with Crippen molar-refractivity contribution in [2.75, 3.05) is 40.9 Å². The summed E-state index contributed by atoms with van der Waals surface area (Å²) in [7, 11) is 5.49. The zero-order chi connectivity index (χ0) is 17.9. The van der Waals surface area contributed by atoms with E-state index < -0.39 is 0 Å². The zero-order valence-corrected chi connectivity index (χ0v) is 18.0. The number of hydrogen-bond donors (Lipinski definition) is 1. The second-order valence-corrected chi connectivity index (χ2v) is 5.66. The van der Waals surface area contributed by atoms with Crippen LogP contribution < -0.4 is 14.8 Å². The number of nitrogens with zero attached hydrogens (tertiary/aromatic N) is 2. The van der Waals surface area contributed by atoms with Crippen LogP contribution in [-0.2, 0) is 6.42 Å². The third kappa shape index (κ3) is 7.51. The molecule has 0 heterocycles. The number of rotatable bonds is 8. The molecule has 0 radical (unpaired) electrons. The highest BCUT2D eigenvalue weighted by Gasteiger charge is 2.05. The molecular weight excluding hydrogens is 441 g/mol. The Morgan fingerprint density at radius 3 is 2.35 bits per heavy atom. The fraction of sp³-hybridized carbons (Fsp3) is 0.350. The zero-order valence-electron chi connectivity index (χ0n) is 15.6. The summed E-state index contributed by atoms with van der Waals surface area (Å²) in [6, 6.07) is 18.0. The maximum Gasteiger partial charge on any atom is 0.193 e. The summed E-state index contributed by atoms with van der Waals surface area (Å²) < 4.78 is 10.9. The lowest BCUT2D eigenvalue weighted by molar-refractivity contribution is 0.281. The lowest BCUT2D eigenvalue weighted by Crippen LogP contribution is -2.41. The maximum atomic E-state index is 5.73. The third-order valence-corrected chi connectivity index (χ3v) is 3.87. The van der Waals surface area contributed by atoms with Crippen LogP contribution in [0.3, 0.4) is 0 Å². The lowest BCUT2D eigenvalue weighted by Gasteiger charge is -2.22. The molecule has 0 aliphatic heterocycles. The normalized spacial score (nSPS) is 10.7. The summed E-state index contributed by atoms with van der Waals surface area (Å²) in [5, 5.41) is 3.38. The van der Waals surface area contributed by atoms with Gasteiger partial charge in [0.25, 0.3) is 0 Å². The number of hydrogen-bond acceptors (Lipinski definition) is 3. The Labute approximate surface area is 173 Å². The number of methoxy groups -OCH3 is 1. The molecule has 1 N–H and O–H groups in total. The van der Waals surface area contributed by atoms with Gasteiger partial charge in [-0.2, -0.15) is 0 Å². The molecule has 0 aliphatic carbocycles. The van der Waals surface area contributed by atoms with Crippen molar-refractivity contribution in [2.24, 2.45) is 4.99 Å². The minimum atomic E-state index is 0. The van der Waals surface area contributed by atoms with Crippen LogP contribution >= 0.6 is 24.0 Å². The third-order valence-electron chi connectivity index (χ3n) is 3.87. The first-order valence-electron chi connectivity index (χ1n) is 8.45. The molecule has 0 unspecified atom stereocenters. The van der Waals surface area contributed by atoms with Gasteiger partial charge in [-0.05, 0) is 36.2 Å². The van der Waals surface area contributed by atoms with Crippen LogP contribution in [0.25, 0.3) is 0 Å². The van der Waals surface area contributed by atoms with Crippen LogP contribution in [0.4, 0.5) is 0 Å². The van der Waals surface area contributed by atoms with Crippen LogP contribution in [0.5, 0.6) is 11.5 Å². The molecule has 2 aromatic carbocycles. The predicted molar refractivity (Wildman–Crippen MR) is 118 cm³/mol. The van der Waals surface area contributed by atoms with E-state index in [9.17, 15) is 0 Å². The van der Waals surface area contributed by atoms with E-state index in [1.54, 1.807) is 14.2 Å². The summed E-state index contributed by atoms with van der Waals surface area (Å²) in [6.07, 6.45) is 0.928. The van der Waals surface area contributed by atoms with Crippen molar-refractivity contribution in [2.45, 2.75) is 6.42 Å². The average molecular weight is 469 g/mol. The van der Waals surface area contributed by atoms with Crippen molar-refractivity contribution < 1.29 is 9.47 Å². The Morgan fingerprint density at radius 2 is 1.73 bits per heavy atom. The van der Waals surface area contributed by atoms with Gasteiger partial charge in [-0.25, -0.2) is 0 Å². The largest absolute Gasteiger partial charge is 0.497 e. The Morgan fingerprint density at radius 1 is 1.04 bits per heavy atom. The number of para-hydroxylation sites is 1. The predicted octanol–water partition coefficient (Wildman–Crippen LogP) is 3.44. The molecule has 0 fully saturated rings. The fourth-order valence-corrected chi connectivity index (χ4v) is 2.42. The molecule has 0 spiro atoms. The van der Waals surface area contributed by atoms with Crippen molar-refractivity contribution in [3.8, 4) is 11.5 Å². The van der Waals surface area contributed by atoms with Crippen LogP contribution in [-0.4, -0.2) is 51.8 Å². The second kappa shape index (κ2) is 12.4. The molecule has 2 aromatic rings. The maximum absolute atomic E-state index is 5.73. The van der Waals surface area contributed by atoms with Crippen LogP contribution in [0, 0.1) is 0 Å². The van der Waals surface area contributed by atoms with Gasteiger partial charge >= 0.3 is 0 Å². The minimum Gasteiger partial charge on any atom is -0.497 e. The van der Waals surface area contributed by atoms with E-state index in [4.69, 9.17) is 9.47 Å². The number of aliphatic imine (C=N–C) groups is 1. The molecule has 6 heteroatoms. The van der Waals surface area contributed by atoms with Crippen molar-refractivity contribution in [1.29, 1.82) is 0 Å². The Bertz CT molecular complexity index is 648. The minimum absolute atomic E-state index is 0. The van der Waals surface area contributed by atoms with Crippen molar-refractivity contribution >= 4 is 29.9 Å². The number of guanidine groups is 1. The smallest absolute Gasteiger partial charge is 0.193 e. The summed E-state index contributed by atoms with van der Waals surface area (Å²) >= 11 is 0. The van der Waals surface area contributed by atoms with E-state index in [0.29, 0.717) is 6.61 Å².